The molecule has 9 aromatic carbocycles. The molecule has 0 bridgehead atoms. The minimum Gasteiger partial charge on any atom is -0.310 e. The second-order valence-corrected chi connectivity index (χ2v) is 16.1. The van der Waals surface area contributed by atoms with E-state index in [9.17, 15) is 0 Å². The first kappa shape index (κ1) is 33.4. The van der Waals surface area contributed by atoms with Crippen LogP contribution in [0.3, 0.4) is 0 Å². The number of rotatable bonds is 6. The maximum atomic E-state index is 2.47. The summed E-state index contributed by atoms with van der Waals surface area (Å²) in [4.78, 5) is 2.47. The average Bonchev–Trinajstić information content (AvgIpc) is 3.68. The van der Waals surface area contributed by atoms with E-state index in [1.165, 1.54) is 77.5 Å². The zero-order valence-corrected chi connectivity index (χ0v) is 32.2. The Hall–Kier alpha value is -6.96. The van der Waals surface area contributed by atoms with Crippen LogP contribution in [0.25, 0.3) is 44.2 Å². The topological polar surface area (TPSA) is 3.24 Å². The van der Waals surface area contributed by atoms with E-state index in [1.807, 2.05) is 0 Å². The van der Waals surface area contributed by atoms with Gasteiger partial charge in [0.15, 0.2) is 0 Å². The lowest BCUT2D eigenvalue weighted by atomic mass is 9.67. The van der Waals surface area contributed by atoms with E-state index in [1.54, 1.807) is 0 Å². The van der Waals surface area contributed by atoms with Gasteiger partial charge in [0.1, 0.15) is 0 Å². The van der Waals surface area contributed by atoms with E-state index >= 15 is 0 Å². The van der Waals surface area contributed by atoms with Gasteiger partial charge in [-0.2, -0.15) is 0 Å². The molecular weight excluding hydrogens is 687 g/mol. The molecule has 0 saturated heterocycles. The molecule has 0 saturated carbocycles. The van der Waals surface area contributed by atoms with Crippen LogP contribution in [-0.4, -0.2) is 0 Å². The molecule has 0 N–H and O–H groups in total. The Morgan fingerprint density at radius 3 is 1.60 bits per heavy atom. The predicted octanol–water partition coefficient (Wildman–Crippen LogP) is 14.6. The van der Waals surface area contributed by atoms with Gasteiger partial charge in [0.25, 0.3) is 0 Å². The van der Waals surface area contributed by atoms with E-state index in [0.717, 1.165) is 17.1 Å². The van der Waals surface area contributed by atoms with Crippen molar-refractivity contribution in [3.8, 4) is 33.4 Å². The highest BCUT2D eigenvalue weighted by molar-refractivity contribution is 5.97. The fourth-order valence-electron chi connectivity index (χ4n) is 10.0. The lowest BCUT2D eigenvalue weighted by molar-refractivity contribution is 0.660. The molecule has 0 unspecified atom stereocenters. The van der Waals surface area contributed by atoms with Gasteiger partial charge in [-0.1, -0.05) is 178 Å². The smallest absolute Gasteiger partial charge is 0.0713 e. The predicted molar refractivity (Wildman–Crippen MR) is 239 cm³/mol. The summed E-state index contributed by atoms with van der Waals surface area (Å²) in [6.07, 6.45) is 0. The molecule has 0 fully saturated rings. The van der Waals surface area contributed by atoms with E-state index in [4.69, 9.17) is 0 Å². The third-order valence-electron chi connectivity index (χ3n) is 12.7. The van der Waals surface area contributed by atoms with Gasteiger partial charge in [0.05, 0.1) is 5.41 Å². The molecule has 0 aromatic heterocycles. The molecule has 0 atom stereocenters. The second-order valence-electron chi connectivity index (χ2n) is 16.1. The molecule has 0 aliphatic heterocycles. The van der Waals surface area contributed by atoms with E-state index < -0.39 is 5.41 Å². The minimum absolute atomic E-state index is 0.123. The zero-order chi connectivity index (χ0) is 38.1. The van der Waals surface area contributed by atoms with Crippen molar-refractivity contribution in [1.29, 1.82) is 0 Å². The van der Waals surface area contributed by atoms with Crippen molar-refractivity contribution in [3.63, 3.8) is 0 Å². The quantitative estimate of drug-likeness (QED) is 0.165. The molecule has 1 heteroatoms. The lowest BCUT2D eigenvalue weighted by Crippen LogP contribution is -2.28. The zero-order valence-electron chi connectivity index (χ0n) is 32.2. The third-order valence-corrected chi connectivity index (χ3v) is 12.7. The largest absolute Gasteiger partial charge is 0.310 e. The molecule has 9 aromatic rings. The summed E-state index contributed by atoms with van der Waals surface area (Å²) in [7, 11) is 0. The van der Waals surface area contributed by atoms with E-state index in [-0.39, 0.29) is 5.41 Å². The first-order valence-corrected chi connectivity index (χ1v) is 20.0. The average molecular weight is 728 g/mol. The fraction of sp³-hybridized carbons (Fsp3) is 0.0714. The molecule has 11 rings (SSSR count). The van der Waals surface area contributed by atoms with Gasteiger partial charge >= 0.3 is 0 Å². The van der Waals surface area contributed by atoms with Crippen molar-refractivity contribution >= 4 is 27.8 Å². The van der Waals surface area contributed by atoms with Crippen LogP contribution in [0.15, 0.2) is 212 Å². The summed E-state index contributed by atoms with van der Waals surface area (Å²) < 4.78 is 0. The second kappa shape index (κ2) is 12.8. The van der Waals surface area contributed by atoms with Gasteiger partial charge in [0, 0.05) is 22.5 Å². The Morgan fingerprint density at radius 2 is 0.860 bits per heavy atom. The van der Waals surface area contributed by atoms with E-state index in [0.29, 0.717) is 0 Å². The van der Waals surface area contributed by atoms with Crippen molar-refractivity contribution in [2.24, 2.45) is 0 Å². The molecule has 0 radical (unpaired) electrons. The number of nitrogens with zero attached hydrogens (tertiary/aromatic N) is 1. The van der Waals surface area contributed by atoms with Gasteiger partial charge in [0.2, 0.25) is 0 Å². The van der Waals surface area contributed by atoms with Crippen LogP contribution >= 0.6 is 0 Å². The van der Waals surface area contributed by atoms with Gasteiger partial charge < -0.3 is 4.90 Å². The molecule has 57 heavy (non-hydrogen) atoms. The Balaban J connectivity index is 1.18. The van der Waals surface area contributed by atoms with Gasteiger partial charge in [-0.25, -0.2) is 0 Å². The fourth-order valence-corrected chi connectivity index (χ4v) is 10.0. The van der Waals surface area contributed by atoms with Crippen LogP contribution in [0, 0.1) is 0 Å². The molecule has 270 valence electrons. The van der Waals surface area contributed by atoms with Crippen molar-refractivity contribution in [2.75, 3.05) is 4.90 Å². The maximum Gasteiger partial charge on any atom is 0.0713 e. The third kappa shape index (κ3) is 5.02. The highest BCUT2D eigenvalue weighted by atomic mass is 15.1. The lowest BCUT2D eigenvalue weighted by Gasteiger charge is -2.34. The van der Waals surface area contributed by atoms with Crippen molar-refractivity contribution in [1.82, 2.24) is 0 Å². The van der Waals surface area contributed by atoms with Gasteiger partial charge in [-0.3, -0.25) is 0 Å². The Morgan fingerprint density at radius 1 is 0.316 bits per heavy atom. The SMILES string of the molecule is CC1(C)c2ccccc2-c2ccc(N(c3cccc(-c4ccccc4)c3)c3ccc4c(c3)-c3cc5ccccc5cc3C4(c3ccccc3)c3ccccc3)cc21. The number of fused-ring (bicyclic) bond motifs is 7. The van der Waals surface area contributed by atoms with E-state index in [2.05, 4.69) is 231 Å². The molecule has 2 aliphatic rings. The Kier molecular flexibility index (Phi) is 7.50. The Labute approximate surface area is 335 Å². The summed E-state index contributed by atoms with van der Waals surface area (Å²) in [6, 6.07) is 78.8. The molecule has 0 amide bonds. The summed E-state index contributed by atoms with van der Waals surface area (Å²) in [5.74, 6) is 0. The normalized spacial score (nSPS) is 14.1. The standard InChI is InChI=1S/C56H41N/c1-55(2)51-28-15-14-27-47(51)48-31-29-46(37-53(48)55)57(44-26-16-21-39(33-44)38-17-6-3-7-18-38)45-30-32-52-50(36-45)49-34-40-19-12-13-20-41(40)35-54(49)56(52,42-22-8-4-9-23-42)43-24-10-5-11-25-43/h3-37H,1-2H3. The van der Waals surface area contributed by atoms with Crippen LogP contribution < -0.4 is 4.90 Å². The number of hydrogen-bond acceptors (Lipinski definition) is 1. The van der Waals surface area contributed by atoms with Crippen LogP contribution in [0.1, 0.15) is 47.2 Å². The molecule has 2 aliphatic carbocycles. The number of hydrogen-bond donors (Lipinski definition) is 0. The van der Waals surface area contributed by atoms with Crippen LogP contribution in [0.2, 0.25) is 0 Å². The highest BCUT2D eigenvalue weighted by Crippen LogP contribution is 2.58. The van der Waals surface area contributed by atoms with Crippen molar-refractivity contribution < 1.29 is 0 Å². The minimum atomic E-state index is -0.489. The van der Waals surface area contributed by atoms with Gasteiger partial charge in [-0.05, 0) is 126 Å². The van der Waals surface area contributed by atoms with Crippen LogP contribution in [-0.2, 0) is 10.8 Å². The highest BCUT2D eigenvalue weighted by Gasteiger charge is 2.46. The number of benzene rings is 9. The summed E-state index contributed by atoms with van der Waals surface area (Å²) in [5, 5.41) is 2.50. The summed E-state index contributed by atoms with van der Waals surface area (Å²) >= 11 is 0. The van der Waals surface area contributed by atoms with Crippen LogP contribution in [0.5, 0.6) is 0 Å². The molecule has 1 nitrogen and oxygen atoms in total. The summed E-state index contributed by atoms with van der Waals surface area (Å²) in [6.45, 7) is 4.73. The van der Waals surface area contributed by atoms with Crippen LogP contribution in [0.4, 0.5) is 17.1 Å². The first-order valence-electron chi connectivity index (χ1n) is 20.0. The monoisotopic (exact) mass is 727 g/mol. The Bertz CT molecular complexity index is 2940. The van der Waals surface area contributed by atoms with Gasteiger partial charge in [-0.15, -0.1) is 0 Å². The maximum absolute atomic E-state index is 2.47. The molecule has 0 spiro atoms. The summed E-state index contributed by atoms with van der Waals surface area (Å²) in [5.41, 5.74) is 18.3. The molecule has 0 heterocycles. The number of anilines is 3. The first-order chi connectivity index (χ1) is 28.0. The molecular formula is C56H41N. The van der Waals surface area contributed by atoms with Crippen molar-refractivity contribution in [2.45, 2.75) is 24.7 Å². The van der Waals surface area contributed by atoms with Crippen molar-refractivity contribution in [3.05, 3.63) is 246 Å².